The number of piperazine rings is 1. The third kappa shape index (κ3) is 2.83. The van der Waals surface area contributed by atoms with Crippen LogP contribution < -0.4 is 5.32 Å². The first-order chi connectivity index (χ1) is 9.63. The SMILES string of the molecule is CSC1(CN2CC(=O)NC(C3CCCCC3)C2=O)CC1. The Morgan fingerprint density at radius 3 is 2.55 bits per heavy atom. The molecule has 1 N–H and O–H groups in total. The molecule has 0 spiro atoms. The van der Waals surface area contributed by atoms with Gasteiger partial charge in [-0.15, -0.1) is 0 Å². The number of nitrogens with one attached hydrogen (secondary N) is 1. The van der Waals surface area contributed by atoms with Gasteiger partial charge in [-0.05, 0) is 37.9 Å². The first-order valence-corrected chi connectivity index (χ1v) is 8.99. The first kappa shape index (κ1) is 14.2. The van der Waals surface area contributed by atoms with Crippen molar-refractivity contribution in [2.75, 3.05) is 19.3 Å². The zero-order valence-electron chi connectivity index (χ0n) is 12.2. The van der Waals surface area contributed by atoms with Gasteiger partial charge in [-0.25, -0.2) is 0 Å². The van der Waals surface area contributed by atoms with E-state index >= 15 is 0 Å². The Balaban J connectivity index is 1.68. The van der Waals surface area contributed by atoms with E-state index in [1.54, 1.807) is 0 Å². The minimum absolute atomic E-state index is 0.0251. The fourth-order valence-corrected chi connectivity index (χ4v) is 4.36. The maximum atomic E-state index is 12.7. The Morgan fingerprint density at radius 2 is 1.95 bits per heavy atom. The van der Waals surface area contributed by atoms with Gasteiger partial charge >= 0.3 is 0 Å². The van der Waals surface area contributed by atoms with Crippen LogP contribution in [-0.2, 0) is 9.59 Å². The molecule has 2 aliphatic carbocycles. The lowest BCUT2D eigenvalue weighted by Gasteiger charge is -2.39. The lowest BCUT2D eigenvalue weighted by atomic mass is 9.82. The smallest absolute Gasteiger partial charge is 0.245 e. The number of thioether (sulfide) groups is 1. The standard InChI is InChI=1S/C15H24N2O2S/c1-20-15(7-8-15)10-17-9-12(18)16-13(14(17)19)11-5-3-2-4-6-11/h11,13H,2-10H2,1H3,(H,16,18). The summed E-state index contributed by atoms with van der Waals surface area (Å²) in [5, 5.41) is 2.95. The molecular weight excluding hydrogens is 272 g/mol. The molecule has 2 amide bonds. The molecule has 0 aromatic rings. The van der Waals surface area contributed by atoms with Crippen LogP contribution in [0, 0.1) is 5.92 Å². The van der Waals surface area contributed by atoms with Crippen LogP contribution in [0.5, 0.6) is 0 Å². The lowest BCUT2D eigenvalue weighted by molar-refractivity contribution is -0.146. The fraction of sp³-hybridized carbons (Fsp3) is 0.867. The average molecular weight is 296 g/mol. The van der Waals surface area contributed by atoms with Crippen LogP contribution in [-0.4, -0.2) is 46.8 Å². The van der Waals surface area contributed by atoms with Crippen LogP contribution in [0.15, 0.2) is 0 Å². The lowest BCUT2D eigenvalue weighted by Crippen LogP contribution is -2.61. The minimum Gasteiger partial charge on any atom is -0.342 e. The van der Waals surface area contributed by atoms with E-state index in [9.17, 15) is 9.59 Å². The van der Waals surface area contributed by atoms with Crippen molar-refractivity contribution in [2.24, 2.45) is 5.92 Å². The molecule has 3 fully saturated rings. The monoisotopic (exact) mass is 296 g/mol. The van der Waals surface area contributed by atoms with Crippen molar-refractivity contribution in [3.05, 3.63) is 0 Å². The molecule has 20 heavy (non-hydrogen) atoms. The Kier molecular flexibility index (Phi) is 3.98. The van der Waals surface area contributed by atoms with Crippen molar-refractivity contribution in [1.29, 1.82) is 0 Å². The molecule has 3 rings (SSSR count). The zero-order valence-corrected chi connectivity index (χ0v) is 13.0. The van der Waals surface area contributed by atoms with Gasteiger partial charge in [0.2, 0.25) is 11.8 Å². The minimum atomic E-state index is -0.255. The van der Waals surface area contributed by atoms with E-state index in [4.69, 9.17) is 0 Å². The number of rotatable bonds is 4. The van der Waals surface area contributed by atoms with Crippen molar-refractivity contribution >= 4 is 23.6 Å². The topological polar surface area (TPSA) is 49.4 Å². The van der Waals surface area contributed by atoms with Crippen LogP contribution in [0.25, 0.3) is 0 Å². The summed E-state index contributed by atoms with van der Waals surface area (Å²) in [6.45, 7) is 1.01. The molecule has 0 radical (unpaired) electrons. The Labute approximate surface area is 125 Å². The number of hydrogen-bond acceptors (Lipinski definition) is 3. The molecule has 1 aliphatic heterocycles. The van der Waals surface area contributed by atoms with E-state index in [0.717, 1.165) is 19.4 Å². The van der Waals surface area contributed by atoms with Crippen LogP contribution in [0.4, 0.5) is 0 Å². The van der Waals surface area contributed by atoms with E-state index in [2.05, 4.69) is 11.6 Å². The molecule has 0 aromatic heterocycles. The van der Waals surface area contributed by atoms with E-state index in [0.29, 0.717) is 5.92 Å². The molecule has 1 unspecified atom stereocenters. The van der Waals surface area contributed by atoms with Crippen molar-refractivity contribution in [3.8, 4) is 0 Å². The van der Waals surface area contributed by atoms with E-state index in [1.165, 1.54) is 32.1 Å². The van der Waals surface area contributed by atoms with Gasteiger partial charge in [0.05, 0.1) is 6.54 Å². The summed E-state index contributed by atoms with van der Waals surface area (Å²) in [6, 6.07) is -0.255. The third-order valence-electron chi connectivity index (χ3n) is 5.07. The molecule has 2 saturated carbocycles. The molecular formula is C15H24N2O2S. The highest BCUT2D eigenvalue weighted by Gasteiger charge is 2.47. The van der Waals surface area contributed by atoms with Crippen LogP contribution in [0.3, 0.4) is 0 Å². The summed E-state index contributed by atoms with van der Waals surface area (Å²) >= 11 is 1.85. The molecule has 1 saturated heterocycles. The molecule has 4 nitrogen and oxygen atoms in total. The summed E-state index contributed by atoms with van der Waals surface area (Å²) in [6.07, 6.45) is 10.3. The zero-order chi connectivity index (χ0) is 14.2. The van der Waals surface area contributed by atoms with Crippen molar-refractivity contribution in [3.63, 3.8) is 0 Å². The summed E-state index contributed by atoms with van der Waals surface area (Å²) in [7, 11) is 0. The normalized spacial score (nSPS) is 30.2. The highest BCUT2D eigenvalue weighted by Crippen LogP contribution is 2.47. The molecule has 112 valence electrons. The highest BCUT2D eigenvalue weighted by molar-refractivity contribution is 8.00. The van der Waals surface area contributed by atoms with Crippen LogP contribution in [0.1, 0.15) is 44.9 Å². The van der Waals surface area contributed by atoms with Gasteiger partial charge in [0.1, 0.15) is 6.04 Å². The van der Waals surface area contributed by atoms with E-state index < -0.39 is 0 Å². The number of hydrogen-bond donors (Lipinski definition) is 1. The van der Waals surface area contributed by atoms with E-state index in [1.807, 2.05) is 16.7 Å². The van der Waals surface area contributed by atoms with Crippen LogP contribution in [0.2, 0.25) is 0 Å². The van der Waals surface area contributed by atoms with E-state index in [-0.39, 0.29) is 29.1 Å². The van der Waals surface area contributed by atoms with Crippen molar-refractivity contribution in [1.82, 2.24) is 10.2 Å². The quantitative estimate of drug-likeness (QED) is 0.860. The van der Waals surface area contributed by atoms with Crippen molar-refractivity contribution < 1.29 is 9.59 Å². The van der Waals surface area contributed by atoms with Crippen LogP contribution >= 0.6 is 11.8 Å². The van der Waals surface area contributed by atoms with Gasteiger partial charge in [-0.1, -0.05) is 19.3 Å². The summed E-state index contributed by atoms with van der Waals surface area (Å²) in [5.74, 6) is 0.543. The fourth-order valence-electron chi connectivity index (χ4n) is 3.56. The summed E-state index contributed by atoms with van der Waals surface area (Å²) < 4.78 is 0.240. The number of carbonyl (C=O) groups excluding carboxylic acids is 2. The number of carbonyl (C=O) groups is 2. The second-order valence-electron chi connectivity index (χ2n) is 6.52. The Hall–Kier alpha value is -0.710. The van der Waals surface area contributed by atoms with Gasteiger partial charge in [0.15, 0.2) is 0 Å². The highest BCUT2D eigenvalue weighted by atomic mass is 32.2. The average Bonchev–Trinajstić information content (AvgIpc) is 3.24. The molecule has 0 bridgehead atoms. The molecule has 0 aromatic carbocycles. The molecule has 1 atom stereocenters. The third-order valence-corrected chi connectivity index (χ3v) is 6.47. The predicted molar refractivity (Wildman–Crippen MR) is 80.6 cm³/mol. The summed E-state index contributed by atoms with van der Waals surface area (Å²) in [4.78, 5) is 26.5. The molecule has 1 heterocycles. The number of nitrogens with zero attached hydrogens (tertiary/aromatic N) is 1. The molecule has 5 heteroatoms. The number of amides is 2. The Bertz CT molecular complexity index is 403. The van der Waals surface area contributed by atoms with Gasteiger partial charge in [-0.3, -0.25) is 9.59 Å². The maximum Gasteiger partial charge on any atom is 0.245 e. The first-order valence-electron chi connectivity index (χ1n) is 7.77. The van der Waals surface area contributed by atoms with Gasteiger partial charge in [0.25, 0.3) is 0 Å². The van der Waals surface area contributed by atoms with Gasteiger partial charge in [-0.2, -0.15) is 11.8 Å². The van der Waals surface area contributed by atoms with Gasteiger partial charge < -0.3 is 10.2 Å². The predicted octanol–water partition coefficient (Wildman–Crippen LogP) is 1.79. The largest absolute Gasteiger partial charge is 0.342 e. The van der Waals surface area contributed by atoms with Crippen molar-refractivity contribution in [2.45, 2.75) is 55.7 Å². The second kappa shape index (κ2) is 5.58. The molecule has 3 aliphatic rings. The maximum absolute atomic E-state index is 12.7. The van der Waals surface area contributed by atoms with Gasteiger partial charge in [0, 0.05) is 11.3 Å². The summed E-state index contributed by atoms with van der Waals surface area (Å²) in [5.41, 5.74) is 0. The second-order valence-corrected chi connectivity index (χ2v) is 7.80. The Morgan fingerprint density at radius 1 is 1.25 bits per heavy atom.